The van der Waals surface area contributed by atoms with Crippen LogP contribution in [0.2, 0.25) is 0 Å². The van der Waals surface area contributed by atoms with Gasteiger partial charge in [0, 0.05) is 0 Å². The smallest absolute Gasteiger partial charge is 0.545 e. The largest absolute Gasteiger partial charge is 2.00 e. The molecule has 4 nitrogen and oxygen atoms in total. The van der Waals surface area contributed by atoms with E-state index in [4.69, 9.17) is 0 Å². The molecule has 0 rings (SSSR count). The second kappa shape index (κ2) is 23.7. The second-order valence-corrected chi connectivity index (χ2v) is 6.53. The number of allylic oxidation sites excluding steroid dienone is 2. The van der Waals surface area contributed by atoms with Crippen LogP contribution >= 0.6 is 0 Å². The molecule has 152 valence electrons. The molecule has 0 saturated heterocycles. The molecular formula is C22H38CaO4. The van der Waals surface area contributed by atoms with Crippen molar-refractivity contribution in [3.05, 3.63) is 23.3 Å². The molecule has 0 spiro atoms. The maximum atomic E-state index is 10.6. The van der Waals surface area contributed by atoms with E-state index in [0.29, 0.717) is 24.0 Å². The average molecular weight is 407 g/mol. The third-order valence-corrected chi connectivity index (χ3v) is 4.02. The zero-order valence-electron chi connectivity index (χ0n) is 18.0. The van der Waals surface area contributed by atoms with Crippen molar-refractivity contribution in [2.45, 2.75) is 105 Å². The summed E-state index contributed by atoms with van der Waals surface area (Å²) in [7, 11) is 0. The molecule has 0 aromatic carbocycles. The summed E-state index contributed by atoms with van der Waals surface area (Å²) in [5, 5.41) is 21.2. The fourth-order valence-electron chi connectivity index (χ4n) is 2.27. The average Bonchev–Trinajstić information content (AvgIpc) is 2.61. The Bertz CT molecular complexity index is 388. The van der Waals surface area contributed by atoms with Gasteiger partial charge < -0.3 is 19.8 Å². The molecule has 27 heavy (non-hydrogen) atoms. The van der Waals surface area contributed by atoms with Crippen LogP contribution in [0.1, 0.15) is 105 Å². The van der Waals surface area contributed by atoms with Crippen LogP contribution in [-0.2, 0) is 9.59 Å². The Morgan fingerprint density at radius 1 is 0.630 bits per heavy atom. The molecule has 0 amide bonds. The van der Waals surface area contributed by atoms with E-state index >= 15 is 0 Å². The molecule has 0 aromatic heterocycles. The van der Waals surface area contributed by atoms with E-state index in [2.05, 4.69) is 27.7 Å². The van der Waals surface area contributed by atoms with Crippen molar-refractivity contribution < 1.29 is 19.8 Å². The molecular weight excluding hydrogens is 368 g/mol. The number of carboxylic acids is 2. The van der Waals surface area contributed by atoms with E-state index < -0.39 is 11.9 Å². The minimum absolute atomic E-state index is 0. The number of carbonyl (C=O) groups excluding carboxylic acids is 2. The first kappa shape index (κ1) is 31.4. The summed E-state index contributed by atoms with van der Waals surface area (Å²) in [6.07, 6.45) is 14.9. The Balaban J connectivity index is -0.000000411. The Morgan fingerprint density at radius 3 is 1.15 bits per heavy atom. The van der Waals surface area contributed by atoms with Gasteiger partial charge in [0.15, 0.2) is 0 Å². The van der Waals surface area contributed by atoms with Crippen molar-refractivity contribution in [1.29, 1.82) is 0 Å². The molecule has 0 aliphatic heterocycles. The van der Waals surface area contributed by atoms with Crippen LogP contribution in [0, 0.1) is 0 Å². The van der Waals surface area contributed by atoms with Gasteiger partial charge in [-0.05, 0) is 49.7 Å². The molecule has 0 fully saturated rings. The van der Waals surface area contributed by atoms with Gasteiger partial charge in [0.2, 0.25) is 0 Å². The maximum absolute atomic E-state index is 10.6. The van der Waals surface area contributed by atoms with Gasteiger partial charge in [0.25, 0.3) is 0 Å². The second-order valence-electron chi connectivity index (χ2n) is 6.53. The molecule has 0 bridgehead atoms. The van der Waals surface area contributed by atoms with Crippen LogP contribution in [0.15, 0.2) is 23.3 Å². The Kier molecular flexibility index (Phi) is 27.6. The number of aliphatic carboxylic acids is 2. The van der Waals surface area contributed by atoms with Crippen molar-refractivity contribution in [2.24, 2.45) is 0 Å². The fraction of sp³-hybridized carbons (Fsp3) is 0.727. The van der Waals surface area contributed by atoms with Crippen LogP contribution < -0.4 is 10.2 Å². The van der Waals surface area contributed by atoms with Gasteiger partial charge in [-0.15, -0.1) is 0 Å². The number of hydrogen-bond donors (Lipinski definition) is 0. The molecule has 0 aliphatic carbocycles. The Morgan fingerprint density at radius 2 is 0.926 bits per heavy atom. The van der Waals surface area contributed by atoms with Gasteiger partial charge in [-0.1, -0.05) is 78.4 Å². The summed E-state index contributed by atoms with van der Waals surface area (Å²) in [5.74, 6) is -1.99. The number of hydrogen-bond acceptors (Lipinski definition) is 4. The van der Waals surface area contributed by atoms with Crippen molar-refractivity contribution in [3.8, 4) is 0 Å². The van der Waals surface area contributed by atoms with Crippen LogP contribution in [0.3, 0.4) is 0 Å². The van der Waals surface area contributed by atoms with E-state index in [9.17, 15) is 19.8 Å². The summed E-state index contributed by atoms with van der Waals surface area (Å²) in [6.45, 7) is 8.30. The minimum Gasteiger partial charge on any atom is -0.545 e. The van der Waals surface area contributed by atoms with Gasteiger partial charge in [-0.25, -0.2) is 0 Å². The predicted molar refractivity (Wildman–Crippen MR) is 110 cm³/mol. The maximum Gasteiger partial charge on any atom is 2.00 e. The molecule has 0 unspecified atom stereocenters. The third-order valence-electron chi connectivity index (χ3n) is 4.02. The molecule has 0 aromatic rings. The van der Waals surface area contributed by atoms with E-state index in [1.807, 2.05) is 12.2 Å². The Labute approximate surface area is 196 Å². The van der Waals surface area contributed by atoms with Crippen molar-refractivity contribution in [3.63, 3.8) is 0 Å². The van der Waals surface area contributed by atoms with E-state index in [1.54, 1.807) is 0 Å². The molecule has 0 N–H and O–H groups in total. The van der Waals surface area contributed by atoms with E-state index in [1.165, 1.54) is 0 Å². The van der Waals surface area contributed by atoms with Crippen molar-refractivity contribution >= 4 is 49.7 Å². The molecule has 0 atom stereocenters. The molecule has 0 aliphatic rings. The SMILES string of the molecule is CCCC/C=C(/CCCC)C(=O)[O-].CCCC/C=C(/CCCC)C(=O)[O-].[Ca+2]. The van der Waals surface area contributed by atoms with Gasteiger partial charge in [-0.3, -0.25) is 0 Å². The monoisotopic (exact) mass is 406 g/mol. The van der Waals surface area contributed by atoms with Crippen LogP contribution in [0.4, 0.5) is 0 Å². The fourth-order valence-corrected chi connectivity index (χ4v) is 2.27. The normalized spacial score (nSPS) is 11.3. The van der Waals surface area contributed by atoms with Crippen LogP contribution in [-0.4, -0.2) is 49.7 Å². The summed E-state index contributed by atoms with van der Waals surface area (Å²) in [5.41, 5.74) is 0.964. The van der Waals surface area contributed by atoms with E-state index in [-0.39, 0.29) is 37.7 Å². The summed E-state index contributed by atoms with van der Waals surface area (Å²) in [4.78, 5) is 21.2. The topological polar surface area (TPSA) is 80.3 Å². The van der Waals surface area contributed by atoms with Gasteiger partial charge >= 0.3 is 37.7 Å². The summed E-state index contributed by atoms with van der Waals surface area (Å²) in [6, 6.07) is 0. The zero-order chi connectivity index (χ0) is 20.2. The molecule has 0 heterocycles. The van der Waals surface area contributed by atoms with Crippen molar-refractivity contribution in [1.82, 2.24) is 0 Å². The molecule has 0 saturated carbocycles. The molecule has 5 heteroatoms. The number of rotatable bonds is 14. The van der Waals surface area contributed by atoms with Gasteiger partial charge in [-0.2, -0.15) is 0 Å². The first-order valence-electron chi connectivity index (χ1n) is 10.2. The van der Waals surface area contributed by atoms with E-state index in [0.717, 1.165) is 64.2 Å². The summed E-state index contributed by atoms with van der Waals surface area (Å²) >= 11 is 0. The standard InChI is InChI=1S/2C11H20O2.Ca/c2*1-3-5-7-9-10(11(12)13)8-6-4-2;/h2*9H,3-8H2,1-2H3,(H,12,13);/q;;+2/p-2/b2*10-9-;. The predicted octanol–water partition coefficient (Wildman–Crippen LogP) is 3.71. The van der Waals surface area contributed by atoms with Crippen molar-refractivity contribution in [2.75, 3.05) is 0 Å². The number of carbonyl (C=O) groups is 2. The Hall–Kier alpha value is -0.320. The first-order chi connectivity index (χ1) is 12.4. The number of unbranched alkanes of at least 4 members (excludes halogenated alkanes) is 6. The third kappa shape index (κ3) is 21.8. The van der Waals surface area contributed by atoms with Gasteiger partial charge in [0.1, 0.15) is 0 Å². The molecule has 0 radical (unpaired) electrons. The first-order valence-corrected chi connectivity index (χ1v) is 10.2. The number of carboxylic acid groups (broad SMARTS) is 2. The van der Waals surface area contributed by atoms with Gasteiger partial charge in [0.05, 0.1) is 11.9 Å². The van der Waals surface area contributed by atoms with Crippen LogP contribution in [0.5, 0.6) is 0 Å². The zero-order valence-corrected chi connectivity index (χ0v) is 20.2. The van der Waals surface area contributed by atoms with Crippen LogP contribution in [0.25, 0.3) is 0 Å². The summed E-state index contributed by atoms with van der Waals surface area (Å²) < 4.78 is 0. The minimum atomic E-state index is -0.996. The quantitative estimate of drug-likeness (QED) is 0.250.